The van der Waals surface area contributed by atoms with Crippen molar-refractivity contribution >= 4 is 27.7 Å². The lowest BCUT2D eigenvalue weighted by atomic mass is 10.2. The first kappa shape index (κ1) is 17.0. The normalized spacial score (nSPS) is 11.2. The molecule has 0 aliphatic carbocycles. The van der Waals surface area contributed by atoms with Crippen molar-refractivity contribution in [1.82, 2.24) is 19.4 Å². The molecule has 0 aliphatic rings. The molecule has 0 saturated carbocycles. The van der Waals surface area contributed by atoms with Gasteiger partial charge in [-0.1, -0.05) is 30.3 Å². The lowest BCUT2D eigenvalue weighted by Gasteiger charge is -2.12. The van der Waals surface area contributed by atoms with Crippen molar-refractivity contribution in [3.63, 3.8) is 0 Å². The molecule has 0 spiro atoms. The molecule has 0 atom stereocenters. The fourth-order valence-corrected chi connectivity index (χ4v) is 3.42. The van der Waals surface area contributed by atoms with Gasteiger partial charge in [0, 0.05) is 31.0 Å². The largest absolute Gasteiger partial charge is 0.349 e. The Morgan fingerprint density at radius 2 is 1.85 bits per heavy atom. The summed E-state index contributed by atoms with van der Waals surface area (Å²) in [6.45, 7) is 2.53. The molecule has 1 N–H and O–H groups in total. The molecular weight excluding hydrogens is 340 g/mol. The van der Waals surface area contributed by atoms with E-state index in [1.165, 1.54) is 0 Å². The number of hydrogen-bond donors (Lipinski definition) is 1. The minimum absolute atomic E-state index is 0.0862. The Morgan fingerprint density at radius 1 is 1.11 bits per heavy atom. The standard InChI is InChI=1S/C21H20N4O2/c1-14-23-17-9-5-4-8-16(17)21(27)25(14)12-11-22-20(26)19-13-15-7-3-6-10-18(15)24(19)2/h3-10,13H,11-12H2,1-2H3,(H,22,26). The molecular formula is C21H20N4O2. The van der Waals surface area contributed by atoms with Crippen molar-refractivity contribution in [3.05, 3.63) is 76.5 Å². The Hall–Kier alpha value is -3.41. The fraction of sp³-hybridized carbons (Fsp3) is 0.190. The number of para-hydroxylation sites is 2. The van der Waals surface area contributed by atoms with Crippen LogP contribution in [0.25, 0.3) is 21.8 Å². The monoisotopic (exact) mass is 360 g/mol. The molecule has 0 fully saturated rings. The van der Waals surface area contributed by atoms with Gasteiger partial charge in [0.15, 0.2) is 0 Å². The van der Waals surface area contributed by atoms with Crippen molar-refractivity contribution in [2.45, 2.75) is 13.5 Å². The number of nitrogens with zero attached hydrogens (tertiary/aromatic N) is 3. The molecule has 2 aromatic carbocycles. The highest BCUT2D eigenvalue weighted by Crippen LogP contribution is 2.18. The Kier molecular flexibility index (Phi) is 4.24. The Bertz CT molecular complexity index is 1220. The van der Waals surface area contributed by atoms with Gasteiger partial charge >= 0.3 is 0 Å². The maximum Gasteiger partial charge on any atom is 0.267 e. The van der Waals surface area contributed by atoms with Crippen LogP contribution in [0.15, 0.2) is 59.4 Å². The maximum atomic E-state index is 12.7. The van der Waals surface area contributed by atoms with Crippen molar-refractivity contribution < 1.29 is 4.79 Å². The third kappa shape index (κ3) is 2.99. The first-order valence-corrected chi connectivity index (χ1v) is 8.85. The number of nitrogens with one attached hydrogen (secondary N) is 1. The molecule has 27 heavy (non-hydrogen) atoms. The zero-order chi connectivity index (χ0) is 19.0. The molecule has 6 heteroatoms. The van der Waals surface area contributed by atoms with Gasteiger partial charge in [-0.05, 0) is 31.2 Å². The summed E-state index contributed by atoms with van der Waals surface area (Å²) >= 11 is 0. The highest BCUT2D eigenvalue weighted by atomic mass is 16.2. The van der Waals surface area contributed by atoms with Gasteiger partial charge in [0.1, 0.15) is 11.5 Å². The minimum Gasteiger partial charge on any atom is -0.349 e. The quantitative estimate of drug-likeness (QED) is 0.608. The highest BCUT2D eigenvalue weighted by Gasteiger charge is 2.13. The molecule has 0 radical (unpaired) electrons. The van der Waals surface area contributed by atoms with Crippen LogP contribution in [0, 0.1) is 6.92 Å². The average Bonchev–Trinajstić information content (AvgIpc) is 3.01. The van der Waals surface area contributed by atoms with E-state index in [9.17, 15) is 9.59 Å². The van der Waals surface area contributed by atoms with Gasteiger partial charge in [0.25, 0.3) is 11.5 Å². The van der Waals surface area contributed by atoms with E-state index in [4.69, 9.17) is 0 Å². The summed E-state index contributed by atoms with van der Waals surface area (Å²) in [4.78, 5) is 29.7. The third-order valence-corrected chi connectivity index (χ3v) is 4.86. The highest BCUT2D eigenvalue weighted by molar-refractivity contribution is 5.98. The summed E-state index contributed by atoms with van der Waals surface area (Å²) in [6, 6.07) is 17.0. The van der Waals surface area contributed by atoms with E-state index in [1.807, 2.05) is 60.1 Å². The molecule has 0 bridgehead atoms. The van der Waals surface area contributed by atoms with Crippen molar-refractivity contribution in [3.8, 4) is 0 Å². The summed E-state index contributed by atoms with van der Waals surface area (Å²) in [5, 5.41) is 4.51. The lowest BCUT2D eigenvalue weighted by Crippen LogP contribution is -2.33. The summed E-state index contributed by atoms with van der Waals surface area (Å²) in [5.74, 6) is 0.478. The van der Waals surface area contributed by atoms with Gasteiger partial charge in [-0.3, -0.25) is 14.2 Å². The van der Waals surface area contributed by atoms with Crippen LogP contribution < -0.4 is 10.9 Å². The number of hydrogen-bond acceptors (Lipinski definition) is 3. The topological polar surface area (TPSA) is 68.9 Å². The average molecular weight is 360 g/mol. The van der Waals surface area contributed by atoms with Crippen LogP contribution in [0.2, 0.25) is 0 Å². The van der Waals surface area contributed by atoms with Gasteiger partial charge in [-0.2, -0.15) is 0 Å². The molecule has 0 saturated heterocycles. The molecule has 4 aromatic rings. The molecule has 0 aliphatic heterocycles. The molecule has 2 aromatic heterocycles. The first-order valence-electron chi connectivity index (χ1n) is 8.85. The third-order valence-electron chi connectivity index (χ3n) is 4.86. The molecule has 4 rings (SSSR count). The van der Waals surface area contributed by atoms with Crippen LogP contribution >= 0.6 is 0 Å². The summed E-state index contributed by atoms with van der Waals surface area (Å²) in [5.41, 5.74) is 2.21. The van der Waals surface area contributed by atoms with E-state index in [-0.39, 0.29) is 11.5 Å². The predicted molar refractivity (Wildman–Crippen MR) is 106 cm³/mol. The van der Waals surface area contributed by atoms with Crippen LogP contribution in [0.5, 0.6) is 0 Å². The Labute approximate surface area is 156 Å². The van der Waals surface area contributed by atoms with E-state index in [2.05, 4.69) is 10.3 Å². The zero-order valence-corrected chi connectivity index (χ0v) is 15.3. The number of fused-ring (bicyclic) bond motifs is 2. The van der Waals surface area contributed by atoms with Crippen LogP contribution in [0.3, 0.4) is 0 Å². The van der Waals surface area contributed by atoms with Crippen molar-refractivity contribution in [2.75, 3.05) is 6.54 Å². The summed E-state index contributed by atoms with van der Waals surface area (Å²) in [7, 11) is 1.87. The van der Waals surface area contributed by atoms with Gasteiger partial charge in [0.05, 0.1) is 10.9 Å². The van der Waals surface area contributed by atoms with Crippen LogP contribution in [0.1, 0.15) is 16.3 Å². The fourth-order valence-electron chi connectivity index (χ4n) is 3.42. The van der Waals surface area contributed by atoms with Crippen LogP contribution in [0.4, 0.5) is 0 Å². The number of rotatable bonds is 4. The van der Waals surface area contributed by atoms with Gasteiger partial charge < -0.3 is 9.88 Å². The molecule has 136 valence electrons. The minimum atomic E-state index is -0.159. The summed E-state index contributed by atoms with van der Waals surface area (Å²) < 4.78 is 3.48. The Morgan fingerprint density at radius 3 is 2.67 bits per heavy atom. The molecule has 0 unspecified atom stereocenters. The molecule has 2 heterocycles. The van der Waals surface area contributed by atoms with Crippen LogP contribution in [-0.2, 0) is 13.6 Å². The van der Waals surface area contributed by atoms with E-state index in [1.54, 1.807) is 17.6 Å². The van der Waals surface area contributed by atoms with E-state index in [0.717, 1.165) is 10.9 Å². The second kappa shape index (κ2) is 6.72. The number of carbonyl (C=O) groups is 1. The van der Waals surface area contributed by atoms with Crippen molar-refractivity contribution in [1.29, 1.82) is 0 Å². The second-order valence-corrected chi connectivity index (χ2v) is 6.54. The van der Waals surface area contributed by atoms with Gasteiger partial charge in [-0.15, -0.1) is 0 Å². The zero-order valence-electron chi connectivity index (χ0n) is 15.3. The first-order chi connectivity index (χ1) is 13.1. The van der Waals surface area contributed by atoms with Crippen molar-refractivity contribution in [2.24, 2.45) is 7.05 Å². The van der Waals surface area contributed by atoms with E-state index >= 15 is 0 Å². The number of benzene rings is 2. The smallest absolute Gasteiger partial charge is 0.267 e. The Balaban J connectivity index is 1.53. The van der Waals surface area contributed by atoms with Gasteiger partial charge in [-0.25, -0.2) is 4.98 Å². The molecule has 1 amide bonds. The van der Waals surface area contributed by atoms with Crippen LogP contribution in [-0.4, -0.2) is 26.6 Å². The van der Waals surface area contributed by atoms with Gasteiger partial charge in [0.2, 0.25) is 0 Å². The molecule has 6 nitrogen and oxygen atoms in total. The maximum absolute atomic E-state index is 12.7. The number of aromatic nitrogens is 3. The number of carbonyl (C=O) groups excluding carboxylic acids is 1. The predicted octanol–water partition coefficient (Wildman–Crippen LogP) is 2.63. The summed E-state index contributed by atoms with van der Waals surface area (Å²) in [6.07, 6.45) is 0. The van der Waals surface area contributed by atoms with E-state index in [0.29, 0.717) is 35.5 Å². The second-order valence-electron chi connectivity index (χ2n) is 6.54. The lowest BCUT2D eigenvalue weighted by molar-refractivity contribution is 0.0944. The SMILES string of the molecule is Cc1nc2ccccc2c(=O)n1CCNC(=O)c1cc2ccccc2n1C. The number of aryl methyl sites for hydroxylation is 2. The number of amides is 1. The van der Waals surface area contributed by atoms with E-state index < -0.39 is 0 Å².